The second kappa shape index (κ2) is 6.69. The van der Waals surface area contributed by atoms with Gasteiger partial charge in [0.2, 0.25) is 6.04 Å². The number of allylic oxidation sites excluding steroid dienone is 2. The van der Waals surface area contributed by atoms with Crippen LogP contribution in [0.3, 0.4) is 0 Å². The van der Waals surface area contributed by atoms with Gasteiger partial charge in [-0.05, 0) is 12.5 Å². The van der Waals surface area contributed by atoms with Crippen LogP contribution in [-0.4, -0.2) is 22.0 Å². The summed E-state index contributed by atoms with van der Waals surface area (Å²) in [5, 5.41) is 10.9. The fourth-order valence-electron chi connectivity index (χ4n) is 1.91. The fraction of sp³-hybridized carbons (Fsp3) is 0.600. The van der Waals surface area contributed by atoms with Crippen LogP contribution in [-0.2, 0) is 9.09 Å². The molecule has 0 spiro atoms. The summed E-state index contributed by atoms with van der Waals surface area (Å²) in [5.41, 5.74) is 0. The third-order valence-electron chi connectivity index (χ3n) is 2.65. The first-order valence-corrected chi connectivity index (χ1v) is 6.70. The largest absolute Gasteiger partial charge is 0.326 e. The highest BCUT2D eigenvalue weighted by Crippen LogP contribution is 2.30. The van der Waals surface area contributed by atoms with Gasteiger partial charge in [-0.1, -0.05) is 31.6 Å². The molecule has 0 radical (unpaired) electrons. The fourth-order valence-corrected chi connectivity index (χ4v) is 2.45. The van der Waals surface area contributed by atoms with E-state index in [9.17, 15) is 14.7 Å². The quantitative estimate of drug-likeness (QED) is 0.448. The van der Waals surface area contributed by atoms with Crippen molar-refractivity contribution in [3.8, 4) is 0 Å². The van der Waals surface area contributed by atoms with Crippen molar-refractivity contribution in [2.75, 3.05) is 0 Å². The molecule has 6 nitrogen and oxygen atoms in total. The smallest absolute Gasteiger partial charge is 0.316 e. The number of nitro groups is 1. The highest BCUT2D eigenvalue weighted by atomic mass is 31.1. The summed E-state index contributed by atoms with van der Waals surface area (Å²) in [6.45, 7) is 1.90. The summed E-state index contributed by atoms with van der Waals surface area (Å²) in [7, 11) is -3.08. The molecule has 3 unspecified atom stereocenters. The Balaban J connectivity index is 2.83. The number of nitrogens with zero attached hydrogens (tertiary/aromatic N) is 1. The SMILES string of the molecule is CCC[C@@H](O[PH](=O)O)C1C=CC=CC1[N+](=O)[O-]. The molecule has 96 valence electrons. The normalized spacial score (nSPS) is 26.7. The van der Waals surface area contributed by atoms with E-state index in [2.05, 4.69) is 0 Å². The Morgan fingerprint density at radius 2 is 2.18 bits per heavy atom. The van der Waals surface area contributed by atoms with Crippen LogP contribution < -0.4 is 0 Å². The molecule has 0 heterocycles. The Hall–Kier alpha value is -0.970. The summed E-state index contributed by atoms with van der Waals surface area (Å²) in [5.74, 6) is -0.490. The lowest BCUT2D eigenvalue weighted by Gasteiger charge is -2.25. The maximum Gasteiger partial charge on any atom is 0.316 e. The Bertz CT molecular complexity index is 355. The number of hydrogen-bond donors (Lipinski definition) is 1. The lowest BCUT2D eigenvalue weighted by atomic mass is 9.88. The summed E-state index contributed by atoms with van der Waals surface area (Å²) in [4.78, 5) is 19.3. The first-order chi connectivity index (χ1) is 8.06. The third-order valence-corrected chi connectivity index (χ3v) is 3.15. The van der Waals surface area contributed by atoms with Crippen molar-refractivity contribution in [1.82, 2.24) is 0 Å². The number of rotatable bonds is 6. The van der Waals surface area contributed by atoms with Gasteiger partial charge in [0.05, 0.1) is 12.0 Å². The molecule has 0 aromatic rings. The van der Waals surface area contributed by atoms with E-state index in [1.165, 1.54) is 6.08 Å². The van der Waals surface area contributed by atoms with Gasteiger partial charge in [0.15, 0.2) is 0 Å². The van der Waals surface area contributed by atoms with E-state index in [4.69, 9.17) is 9.42 Å². The summed E-state index contributed by atoms with van der Waals surface area (Å²) in [6, 6.07) is -0.891. The van der Waals surface area contributed by atoms with Gasteiger partial charge >= 0.3 is 8.25 Å². The molecule has 1 aliphatic carbocycles. The lowest BCUT2D eigenvalue weighted by Crippen LogP contribution is -2.36. The molecule has 17 heavy (non-hydrogen) atoms. The highest BCUT2D eigenvalue weighted by molar-refractivity contribution is 7.32. The second-order valence-electron chi connectivity index (χ2n) is 3.83. The molecule has 1 N–H and O–H groups in total. The zero-order chi connectivity index (χ0) is 12.8. The lowest BCUT2D eigenvalue weighted by molar-refractivity contribution is -0.518. The van der Waals surface area contributed by atoms with Crippen molar-refractivity contribution in [3.63, 3.8) is 0 Å². The van der Waals surface area contributed by atoms with Gasteiger partial charge in [0.25, 0.3) is 0 Å². The van der Waals surface area contributed by atoms with Gasteiger partial charge in [0.1, 0.15) is 0 Å². The average Bonchev–Trinajstić information content (AvgIpc) is 2.28. The van der Waals surface area contributed by atoms with E-state index >= 15 is 0 Å². The van der Waals surface area contributed by atoms with Crippen molar-refractivity contribution >= 4 is 8.25 Å². The van der Waals surface area contributed by atoms with Gasteiger partial charge in [0, 0.05) is 4.92 Å². The molecule has 1 rings (SSSR count). The van der Waals surface area contributed by atoms with Gasteiger partial charge in [-0.2, -0.15) is 0 Å². The van der Waals surface area contributed by atoms with E-state index in [-0.39, 0.29) is 0 Å². The molecular weight excluding hydrogens is 245 g/mol. The summed E-state index contributed by atoms with van der Waals surface area (Å²) >= 11 is 0. The summed E-state index contributed by atoms with van der Waals surface area (Å²) < 4.78 is 15.7. The third kappa shape index (κ3) is 4.07. The molecule has 0 amide bonds. The predicted octanol–water partition coefficient (Wildman–Crippen LogP) is 1.94. The van der Waals surface area contributed by atoms with Crippen LogP contribution in [0.2, 0.25) is 0 Å². The van der Waals surface area contributed by atoms with Crippen LogP contribution in [0.1, 0.15) is 19.8 Å². The van der Waals surface area contributed by atoms with Crippen LogP contribution >= 0.6 is 8.25 Å². The van der Waals surface area contributed by atoms with Crippen molar-refractivity contribution in [2.45, 2.75) is 31.9 Å². The first kappa shape index (κ1) is 14.1. The van der Waals surface area contributed by atoms with Crippen LogP contribution in [0.4, 0.5) is 0 Å². The maximum absolute atomic E-state index is 10.9. The molecule has 0 fully saturated rings. The molecule has 0 bridgehead atoms. The zero-order valence-corrected chi connectivity index (χ0v) is 10.5. The van der Waals surface area contributed by atoms with E-state index in [0.29, 0.717) is 6.42 Å². The molecule has 0 aromatic carbocycles. The molecule has 1 aliphatic rings. The standard InChI is InChI=1S/C10H16NO5P/c1-2-5-10(16-17(14)15)8-6-3-4-7-9(8)11(12)13/h3-4,6-10,17H,2,5H2,1H3,(H,14,15)/t8?,9?,10-/m1/s1. The Labute approximate surface area is 100 Å². The minimum Gasteiger partial charge on any atom is -0.326 e. The first-order valence-electron chi connectivity index (χ1n) is 5.44. The van der Waals surface area contributed by atoms with E-state index < -0.39 is 31.2 Å². The Morgan fingerprint density at radius 1 is 1.53 bits per heavy atom. The molecule has 0 aliphatic heterocycles. The number of hydrogen-bond acceptors (Lipinski definition) is 4. The van der Waals surface area contributed by atoms with Crippen LogP contribution in [0.25, 0.3) is 0 Å². The van der Waals surface area contributed by atoms with Gasteiger partial charge in [-0.25, -0.2) is 0 Å². The predicted molar refractivity (Wildman–Crippen MR) is 63.6 cm³/mol. The van der Waals surface area contributed by atoms with E-state index in [1.54, 1.807) is 18.2 Å². The monoisotopic (exact) mass is 261 g/mol. The Morgan fingerprint density at radius 3 is 2.71 bits per heavy atom. The molecule has 7 heteroatoms. The molecule has 0 aromatic heterocycles. The highest BCUT2D eigenvalue weighted by Gasteiger charge is 2.35. The minimum absolute atomic E-state index is 0.398. The second-order valence-corrected chi connectivity index (χ2v) is 4.60. The van der Waals surface area contributed by atoms with Crippen molar-refractivity contribution in [3.05, 3.63) is 34.4 Å². The van der Waals surface area contributed by atoms with Crippen molar-refractivity contribution in [2.24, 2.45) is 5.92 Å². The zero-order valence-electron chi connectivity index (χ0n) is 9.48. The molecule has 4 atom stereocenters. The van der Waals surface area contributed by atoms with Gasteiger partial charge in [-0.15, -0.1) is 0 Å². The van der Waals surface area contributed by atoms with E-state index in [0.717, 1.165) is 6.42 Å². The molecule has 0 saturated carbocycles. The molecular formula is C10H16NO5P. The average molecular weight is 261 g/mol. The van der Waals surface area contributed by atoms with Crippen molar-refractivity contribution < 1.29 is 18.9 Å². The topological polar surface area (TPSA) is 89.7 Å². The van der Waals surface area contributed by atoms with Crippen LogP contribution in [0, 0.1) is 16.0 Å². The maximum atomic E-state index is 10.9. The minimum atomic E-state index is -3.08. The van der Waals surface area contributed by atoms with E-state index in [1.807, 2.05) is 6.92 Å². The van der Waals surface area contributed by atoms with Crippen LogP contribution in [0.5, 0.6) is 0 Å². The summed E-state index contributed by atoms with van der Waals surface area (Å²) in [6.07, 6.45) is 7.11. The van der Waals surface area contributed by atoms with Gasteiger partial charge < -0.3 is 9.42 Å². The molecule has 0 saturated heterocycles. The Kier molecular flexibility index (Phi) is 5.55. The van der Waals surface area contributed by atoms with Crippen molar-refractivity contribution in [1.29, 1.82) is 0 Å². The van der Waals surface area contributed by atoms with Crippen LogP contribution in [0.15, 0.2) is 24.3 Å². The van der Waals surface area contributed by atoms with Gasteiger partial charge in [-0.3, -0.25) is 14.7 Å².